The van der Waals surface area contributed by atoms with Crippen LogP contribution in [-0.2, 0) is 38.6 Å². The van der Waals surface area contributed by atoms with Gasteiger partial charge in [0.25, 0.3) is 5.91 Å². The number of amides is 5. The van der Waals surface area contributed by atoms with Crippen LogP contribution in [-0.4, -0.2) is 90.8 Å². The van der Waals surface area contributed by atoms with Crippen molar-refractivity contribution in [3.8, 4) is 5.75 Å². The largest absolute Gasteiger partial charge is 0.508 e. The van der Waals surface area contributed by atoms with Crippen molar-refractivity contribution >= 4 is 29.4 Å². The maximum absolute atomic E-state index is 12.9. The Labute approximate surface area is 238 Å². The number of piperidine rings is 1. The number of rotatable bonds is 10. The Hall–Kier alpha value is -4.00. The van der Waals surface area contributed by atoms with Gasteiger partial charge in [-0.3, -0.25) is 24.6 Å². The monoisotopic (exact) mass is 565 g/mol. The molecule has 3 aliphatic heterocycles. The number of ether oxygens (including phenoxy) is 2. The molecule has 0 aliphatic carbocycles. The number of hydrogen-bond acceptors (Lipinski definition) is 8. The average molecular weight is 566 g/mol. The molecule has 12 heteroatoms. The summed E-state index contributed by atoms with van der Waals surface area (Å²) in [6.45, 7) is 5.82. The van der Waals surface area contributed by atoms with Crippen LogP contribution in [0, 0.1) is 0 Å². The Balaban J connectivity index is 1.06. The summed E-state index contributed by atoms with van der Waals surface area (Å²) in [6.07, 6.45) is 1.06. The van der Waals surface area contributed by atoms with Crippen molar-refractivity contribution in [1.29, 1.82) is 0 Å². The van der Waals surface area contributed by atoms with E-state index in [0.29, 0.717) is 37.3 Å². The number of morpholine rings is 1. The lowest BCUT2D eigenvalue weighted by Crippen LogP contribution is -2.52. The molecule has 41 heavy (non-hydrogen) atoms. The smallest absolute Gasteiger partial charge is 0.319 e. The number of nitrogens with zero attached hydrogens (tertiary/aromatic N) is 2. The van der Waals surface area contributed by atoms with Crippen molar-refractivity contribution in [2.45, 2.75) is 38.4 Å². The minimum Gasteiger partial charge on any atom is -0.508 e. The van der Waals surface area contributed by atoms with Crippen LogP contribution in [0.2, 0.25) is 0 Å². The zero-order chi connectivity index (χ0) is 28.8. The molecular weight excluding hydrogens is 530 g/mol. The Morgan fingerprint density at radius 3 is 2.71 bits per heavy atom. The summed E-state index contributed by atoms with van der Waals surface area (Å²) in [6, 6.07) is 9.18. The summed E-state index contributed by atoms with van der Waals surface area (Å²) in [4.78, 5) is 52.8. The molecule has 5 rings (SSSR count). The first kappa shape index (κ1) is 28.5. The van der Waals surface area contributed by atoms with E-state index in [4.69, 9.17) is 9.47 Å². The van der Waals surface area contributed by atoms with Crippen LogP contribution >= 0.6 is 0 Å². The zero-order valence-electron chi connectivity index (χ0n) is 22.8. The summed E-state index contributed by atoms with van der Waals surface area (Å²) in [5.41, 5.74) is 3.27. The first-order valence-electron chi connectivity index (χ1n) is 13.9. The van der Waals surface area contributed by atoms with E-state index in [1.807, 2.05) is 6.07 Å². The van der Waals surface area contributed by atoms with Crippen LogP contribution in [0.1, 0.15) is 39.9 Å². The zero-order valence-corrected chi connectivity index (χ0v) is 22.8. The third-order valence-electron chi connectivity index (χ3n) is 7.56. The number of phenols is 1. The van der Waals surface area contributed by atoms with Gasteiger partial charge in [0.1, 0.15) is 11.8 Å². The minimum atomic E-state index is -0.671. The van der Waals surface area contributed by atoms with Crippen molar-refractivity contribution < 1.29 is 33.8 Å². The number of carbonyl (C=O) groups is 4. The van der Waals surface area contributed by atoms with E-state index in [9.17, 15) is 24.3 Å². The highest BCUT2D eigenvalue weighted by atomic mass is 16.5. The quantitative estimate of drug-likeness (QED) is 0.249. The highest BCUT2D eigenvalue weighted by Gasteiger charge is 2.39. The number of phenolic OH excluding ortho intramolecular Hbond substituents is 1. The molecule has 1 unspecified atom stereocenters. The Bertz CT molecular complexity index is 1310. The van der Waals surface area contributed by atoms with Crippen molar-refractivity contribution in [2.75, 3.05) is 51.4 Å². The fraction of sp³-hybridized carbons (Fsp3) is 0.448. The lowest BCUT2D eigenvalue weighted by atomic mass is 10.0. The van der Waals surface area contributed by atoms with Crippen molar-refractivity contribution in [3.05, 3.63) is 58.7 Å². The Kier molecular flexibility index (Phi) is 9.12. The lowest BCUT2D eigenvalue weighted by molar-refractivity contribution is -0.136. The van der Waals surface area contributed by atoms with Gasteiger partial charge in [0.05, 0.1) is 26.4 Å². The molecule has 3 heterocycles. The molecule has 4 N–H and O–H groups in total. The first-order chi connectivity index (χ1) is 19.9. The molecule has 0 radical (unpaired) electrons. The summed E-state index contributed by atoms with van der Waals surface area (Å²) in [5.74, 6) is -0.931. The molecule has 5 amide bonds. The summed E-state index contributed by atoms with van der Waals surface area (Å²) in [5, 5.41) is 18.2. The maximum atomic E-state index is 12.9. The standard InChI is InChI=1S/C29H35N5O7/c35-25-16-22(3-2-20(25)7-11-40-12-8-33-9-13-41-14-10-33)31-29(39)30-17-19-1-4-23-21(15-19)18-34(28(23)38)24-5-6-26(36)32-27(24)37/h1-4,15-16,24,35H,5-14,17-18H2,(H2,30,31,39)(H,32,36,37). The van der Waals surface area contributed by atoms with E-state index in [1.165, 1.54) is 11.0 Å². The summed E-state index contributed by atoms with van der Waals surface area (Å²) < 4.78 is 11.1. The Morgan fingerprint density at radius 2 is 1.93 bits per heavy atom. The lowest BCUT2D eigenvalue weighted by Gasteiger charge is -2.29. The van der Waals surface area contributed by atoms with Gasteiger partial charge < -0.3 is 30.1 Å². The molecule has 3 aliphatic rings. The number of urea groups is 1. The number of aromatic hydroxyl groups is 1. The number of imide groups is 1. The van der Waals surface area contributed by atoms with Crippen molar-refractivity contribution in [3.63, 3.8) is 0 Å². The molecule has 2 aromatic rings. The minimum absolute atomic E-state index is 0.0865. The van der Waals surface area contributed by atoms with Crippen LogP contribution in [0.25, 0.3) is 0 Å². The second-order valence-corrected chi connectivity index (χ2v) is 10.4. The average Bonchev–Trinajstić information content (AvgIpc) is 3.28. The second-order valence-electron chi connectivity index (χ2n) is 10.4. The number of fused-ring (bicyclic) bond motifs is 1. The van der Waals surface area contributed by atoms with E-state index in [2.05, 4.69) is 20.9 Å². The Morgan fingerprint density at radius 1 is 1.10 bits per heavy atom. The second kappa shape index (κ2) is 13.1. The van der Waals surface area contributed by atoms with E-state index in [-0.39, 0.29) is 37.1 Å². The summed E-state index contributed by atoms with van der Waals surface area (Å²) >= 11 is 0. The molecular formula is C29H35N5O7. The number of anilines is 1. The molecule has 0 aromatic heterocycles. The van der Waals surface area contributed by atoms with Crippen LogP contribution in [0.3, 0.4) is 0 Å². The highest BCUT2D eigenvalue weighted by Crippen LogP contribution is 2.28. The molecule has 2 fully saturated rings. The van der Waals surface area contributed by atoms with E-state index < -0.39 is 18.0 Å². The van der Waals surface area contributed by atoms with Gasteiger partial charge in [-0.1, -0.05) is 18.2 Å². The van der Waals surface area contributed by atoms with Gasteiger partial charge in [-0.05, 0) is 41.7 Å². The topological polar surface area (TPSA) is 150 Å². The molecule has 2 aromatic carbocycles. The molecule has 0 bridgehead atoms. The van der Waals surface area contributed by atoms with Crippen LogP contribution in [0.15, 0.2) is 36.4 Å². The van der Waals surface area contributed by atoms with Crippen LogP contribution in [0.5, 0.6) is 5.75 Å². The van der Waals surface area contributed by atoms with Gasteiger partial charge in [0.15, 0.2) is 0 Å². The first-order valence-corrected chi connectivity index (χ1v) is 13.9. The van der Waals surface area contributed by atoms with Gasteiger partial charge in [0, 0.05) is 56.5 Å². The normalized spacial score (nSPS) is 19.2. The van der Waals surface area contributed by atoms with Crippen molar-refractivity contribution in [1.82, 2.24) is 20.4 Å². The van der Waals surface area contributed by atoms with E-state index in [0.717, 1.165) is 49.5 Å². The predicted octanol–water partition coefficient (Wildman–Crippen LogP) is 1.37. The SMILES string of the molecule is O=C1CCC(N2Cc3cc(CNC(=O)Nc4ccc(CCOCCN5CCOCC5)c(O)c4)ccc3C2=O)C(=O)N1. The number of hydrogen-bond donors (Lipinski definition) is 4. The van der Waals surface area contributed by atoms with E-state index in [1.54, 1.807) is 24.3 Å². The number of benzene rings is 2. The number of nitrogens with one attached hydrogen (secondary N) is 3. The van der Waals surface area contributed by atoms with Gasteiger partial charge in [-0.15, -0.1) is 0 Å². The van der Waals surface area contributed by atoms with Gasteiger partial charge in [-0.25, -0.2) is 4.79 Å². The molecule has 218 valence electrons. The van der Waals surface area contributed by atoms with Crippen LogP contribution in [0.4, 0.5) is 10.5 Å². The van der Waals surface area contributed by atoms with Gasteiger partial charge in [-0.2, -0.15) is 0 Å². The number of carbonyl (C=O) groups excluding carboxylic acids is 4. The molecule has 0 saturated carbocycles. The van der Waals surface area contributed by atoms with Gasteiger partial charge in [0.2, 0.25) is 11.8 Å². The molecule has 0 spiro atoms. The fourth-order valence-corrected chi connectivity index (χ4v) is 5.25. The predicted molar refractivity (Wildman–Crippen MR) is 148 cm³/mol. The van der Waals surface area contributed by atoms with E-state index >= 15 is 0 Å². The fourth-order valence-electron chi connectivity index (χ4n) is 5.25. The maximum Gasteiger partial charge on any atom is 0.319 e. The van der Waals surface area contributed by atoms with Gasteiger partial charge >= 0.3 is 6.03 Å². The third-order valence-corrected chi connectivity index (χ3v) is 7.56. The highest BCUT2D eigenvalue weighted by molar-refractivity contribution is 6.05. The van der Waals surface area contributed by atoms with Crippen LogP contribution < -0.4 is 16.0 Å². The van der Waals surface area contributed by atoms with Crippen molar-refractivity contribution in [2.24, 2.45) is 0 Å². The molecule has 2 saturated heterocycles. The third kappa shape index (κ3) is 7.20. The summed E-state index contributed by atoms with van der Waals surface area (Å²) in [7, 11) is 0. The molecule has 1 atom stereocenters. The molecule has 12 nitrogen and oxygen atoms in total.